The van der Waals surface area contributed by atoms with Gasteiger partial charge >= 0.3 is 6.03 Å². The number of hydrogen-bond acceptors (Lipinski definition) is 4. The van der Waals surface area contributed by atoms with Crippen molar-refractivity contribution >= 4 is 22.0 Å². The van der Waals surface area contributed by atoms with Crippen LogP contribution in [0.3, 0.4) is 0 Å². The van der Waals surface area contributed by atoms with Crippen molar-refractivity contribution in [3.63, 3.8) is 0 Å². The summed E-state index contributed by atoms with van der Waals surface area (Å²) in [5, 5.41) is 10.6. The van der Waals surface area contributed by atoms with Crippen LogP contribution in [0.2, 0.25) is 0 Å². The SMILES string of the molecule is C[C@H](NC(=O)N(C)Cc1ccc(Br)o1)c1nncn1C. The first kappa shape index (κ1) is 14.6. The van der Waals surface area contributed by atoms with Gasteiger partial charge in [0.25, 0.3) is 0 Å². The number of aryl methyl sites for hydroxylation is 1. The van der Waals surface area contributed by atoms with Gasteiger partial charge in [-0.3, -0.25) is 0 Å². The van der Waals surface area contributed by atoms with Crippen molar-refractivity contribution in [3.8, 4) is 0 Å². The van der Waals surface area contributed by atoms with Gasteiger partial charge in [0.05, 0.1) is 12.6 Å². The summed E-state index contributed by atoms with van der Waals surface area (Å²) in [6, 6.07) is 3.19. The molecule has 8 heteroatoms. The smallest absolute Gasteiger partial charge is 0.318 e. The molecule has 0 bridgehead atoms. The normalized spacial score (nSPS) is 12.2. The Morgan fingerprint density at radius 1 is 1.60 bits per heavy atom. The van der Waals surface area contributed by atoms with Crippen molar-refractivity contribution in [1.82, 2.24) is 25.0 Å². The van der Waals surface area contributed by atoms with Gasteiger partial charge in [-0.25, -0.2) is 4.79 Å². The Morgan fingerprint density at radius 3 is 2.90 bits per heavy atom. The van der Waals surface area contributed by atoms with E-state index in [1.807, 2.05) is 20.0 Å². The summed E-state index contributed by atoms with van der Waals surface area (Å²) >= 11 is 3.23. The lowest BCUT2D eigenvalue weighted by Crippen LogP contribution is -2.38. The molecule has 2 heterocycles. The summed E-state index contributed by atoms with van der Waals surface area (Å²) in [4.78, 5) is 13.6. The molecular formula is C12H16BrN5O2. The Balaban J connectivity index is 1.92. The van der Waals surface area contributed by atoms with E-state index < -0.39 is 0 Å². The number of carbonyl (C=O) groups is 1. The molecule has 0 aromatic carbocycles. The highest BCUT2D eigenvalue weighted by Gasteiger charge is 2.17. The molecule has 2 aromatic rings. The summed E-state index contributed by atoms with van der Waals surface area (Å²) < 4.78 is 7.79. The second kappa shape index (κ2) is 6.08. The first-order valence-electron chi connectivity index (χ1n) is 6.07. The Bertz CT molecular complexity index is 594. The van der Waals surface area contributed by atoms with Crippen LogP contribution < -0.4 is 5.32 Å². The molecule has 0 radical (unpaired) electrons. The van der Waals surface area contributed by atoms with Crippen LogP contribution in [0.4, 0.5) is 4.79 Å². The molecule has 0 fully saturated rings. The Morgan fingerprint density at radius 2 is 2.35 bits per heavy atom. The van der Waals surface area contributed by atoms with Crippen LogP contribution in [-0.4, -0.2) is 32.7 Å². The van der Waals surface area contributed by atoms with E-state index in [-0.39, 0.29) is 12.1 Å². The minimum Gasteiger partial charge on any atom is -0.452 e. The van der Waals surface area contributed by atoms with Crippen LogP contribution in [0, 0.1) is 0 Å². The minimum atomic E-state index is -0.221. The number of aromatic nitrogens is 3. The quantitative estimate of drug-likeness (QED) is 0.923. The third-order valence-corrected chi connectivity index (χ3v) is 3.27. The van der Waals surface area contributed by atoms with Gasteiger partial charge in [0, 0.05) is 14.1 Å². The van der Waals surface area contributed by atoms with E-state index in [9.17, 15) is 4.79 Å². The summed E-state index contributed by atoms with van der Waals surface area (Å²) in [6.45, 7) is 2.25. The standard InChI is InChI=1S/C12H16BrN5O2/c1-8(11-16-14-7-18(11)3)15-12(19)17(2)6-9-4-5-10(13)20-9/h4-5,7-8H,6H2,1-3H3,(H,15,19)/t8-/m0/s1. The number of hydrogen-bond donors (Lipinski definition) is 1. The molecule has 108 valence electrons. The van der Waals surface area contributed by atoms with E-state index in [0.717, 1.165) is 0 Å². The summed E-state index contributed by atoms with van der Waals surface area (Å²) in [5.41, 5.74) is 0. The van der Waals surface area contributed by atoms with E-state index in [1.54, 1.807) is 24.0 Å². The van der Waals surface area contributed by atoms with Gasteiger partial charge in [0.1, 0.15) is 12.1 Å². The molecule has 0 aliphatic carbocycles. The molecule has 0 spiro atoms. The van der Waals surface area contributed by atoms with E-state index >= 15 is 0 Å². The highest BCUT2D eigenvalue weighted by atomic mass is 79.9. The van der Waals surface area contributed by atoms with E-state index in [2.05, 4.69) is 31.4 Å². The van der Waals surface area contributed by atoms with Crippen LogP contribution in [-0.2, 0) is 13.6 Å². The summed E-state index contributed by atoms with van der Waals surface area (Å²) in [5.74, 6) is 1.41. The van der Waals surface area contributed by atoms with E-state index in [0.29, 0.717) is 22.8 Å². The lowest BCUT2D eigenvalue weighted by molar-refractivity contribution is 0.199. The molecule has 0 saturated heterocycles. The second-order valence-corrected chi connectivity index (χ2v) is 5.31. The number of halogens is 1. The predicted molar refractivity (Wildman–Crippen MR) is 75.8 cm³/mol. The van der Waals surface area contributed by atoms with Gasteiger partial charge in [-0.2, -0.15) is 0 Å². The van der Waals surface area contributed by atoms with Crippen molar-refractivity contribution in [2.45, 2.75) is 19.5 Å². The average molecular weight is 342 g/mol. The number of rotatable bonds is 4. The molecule has 2 amide bonds. The molecule has 0 aliphatic rings. The highest BCUT2D eigenvalue weighted by Crippen LogP contribution is 2.15. The minimum absolute atomic E-state index is 0.201. The summed E-state index contributed by atoms with van der Waals surface area (Å²) in [7, 11) is 3.54. The lowest BCUT2D eigenvalue weighted by Gasteiger charge is -2.20. The van der Waals surface area contributed by atoms with Gasteiger partial charge in [-0.15, -0.1) is 10.2 Å². The fraction of sp³-hybridized carbons (Fsp3) is 0.417. The summed E-state index contributed by atoms with van der Waals surface area (Å²) in [6.07, 6.45) is 1.60. The molecule has 1 N–H and O–H groups in total. The number of amides is 2. The number of nitrogens with zero attached hydrogens (tertiary/aromatic N) is 4. The fourth-order valence-electron chi connectivity index (χ4n) is 1.79. The number of urea groups is 1. The van der Waals surface area contributed by atoms with Crippen LogP contribution in [0.1, 0.15) is 24.6 Å². The fourth-order valence-corrected chi connectivity index (χ4v) is 2.13. The predicted octanol–water partition coefficient (Wildman–Crippen LogP) is 2.07. The maximum atomic E-state index is 12.1. The van der Waals surface area contributed by atoms with Crippen LogP contribution >= 0.6 is 15.9 Å². The lowest BCUT2D eigenvalue weighted by atomic mass is 10.3. The monoisotopic (exact) mass is 341 g/mol. The van der Waals surface area contributed by atoms with Crippen molar-refractivity contribution < 1.29 is 9.21 Å². The molecular weight excluding hydrogens is 326 g/mol. The van der Waals surface area contributed by atoms with Crippen molar-refractivity contribution in [2.24, 2.45) is 7.05 Å². The van der Waals surface area contributed by atoms with Crippen LogP contribution in [0.5, 0.6) is 0 Å². The topological polar surface area (TPSA) is 76.2 Å². The molecule has 7 nitrogen and oxygen atoms in total. The van der Waals surface area contributed by atoms with Gasteiger partial charge < -0.3 is 19.2 Å². The highest BCUT2D eigenvalue weighted by molar-refractivity contribution is 9.10. The van der Waals surface area contributed by atoms with Crippen molar-refractivity contribution in [2.75, 3.05) is 7.05 Å². The average Bonchev–Trinajstić information content (AvgIpc) is 2.98. The zero-order valence-corrected chi connectivity index (χ0v) is 13.1. The van der Waals surface area contributed by atoms with Crippen LogP contribution in [0.15, 0.2) is 27.5 Å². The molecule has 0 saturated carbocycles. The molecule has 20 heavy (non-hydrogen) atoms. The zero-order valence-electron chi connectivity index (χ0n) is 11.5. The first-order valence-corrected chi connectivity index (χ1v) is 6.86. The van der Waals surface area contributed by atoms with Crippen LogP contribution in [0.25, 0.3) is 0 Å². The molecule has 2 rings (SSSR count). The second-order valence-electron chi connectivity index (χ2n) is 4.53. The third-order valence-electron chi connectivity index (χ3n) is 2.84. The maximum absolute atomic E-state index is 12.1. The largest absolute Gasteiger partial charge is 0.452 e. The van der Waals surface area contributed by atoms with Gasteiger partial charge in [-0.1, -0.05) is 0 Å². The third kappa shape index (κ3) is 3.38. The number of nitrogens with one attached hydrogen (secondary N) is 1. The Labute approximate surface area is 125 Å². The number of furan rings is 1. The van der Waals surface area contributed by atoms with E-state index in [4.69, 9.17) is 4.42 Å². The van der Waals surface area contributed by atoms with E-state index in [1.165, 1.54) is 4.90 Å². The number of carbonyl (C=O) groups excluding carboxylic acids is 1. The Kier molecular flexibility index (Phi) is 4.43. The molecule has 0 unspecified atom stereocenters. The van der Waals surface area contributed by atoms with Gasteiger partial charge in [-0.05, 0) is 35.0 Å². The maximum Gasteiger partial charge on any atom is 0.318 e. The molecule has 0 aliphatic heterocycles. The van der Waals surface area contributed by atoms with Crippen molar-refractivity contribution in [1.29, 1.82) is 0 Å². The first-order chi connectivity index (χ1) is 9.47. The van der Waals surface area contributed by atoms with Gasteiger partial charge in [0.15, 0.2) is 10.5 Å². The van der Waals surface area contributed by atoms with Crippen molar-refractivity contribution in [3.05, 3.63) is 34.7 Å². The van der Waals surface area contributed by atoms with Gasteiger partial charge in [0.2, 0.25) is 0 Å². The molecule has 1 atom stereocenters. The Hall–Kier alpha value is -1.83. The zero-order chi connectivity index (χ0) is 14.7. The molecule has 2 aromatic heterocycles.